The number of amides is 4. The van der Waals surface area contributed by atoms with Crippen molar-refractivity contribution in [2.75, 3.05) is 26.3 Å². The number of carboxylic acids is 1. The smallest absolute Gasteiger partial charge is 0.338 e. The number of aryl methyl sites for hydroxylation is 2. The van der Waals surface area contributed by atoms with Crippen LogP contribution in [0, 0.1) is 68.1 Å². The molecule has 7 aromatic rings. The Morgan fingerprint density at radius 1 is 0.478 bits per heavy atom. The molecule has 7 aromatic carbocycles. The van der Waals surface area contributed by atoms with E-state index in [4.69, 9.17) is 28.8 Å². The Bertz CT molecular complexity index is 3600. The van der Waals surface area contributed by atoms with E-state index in [1.807, 2.05) is 166 Å². The fourth-order valence-electron chi connectivity index (χ4n) is 12.5. The Balaban J connectivity index is 0.000000178. The molecule has 4 amide bonds. The van der Waals surface area contributed by atoms with Gasteiger partial charge >= 0.3 is 11.9 Å². The molecule has 6 aliphatic rings. The van der Waals surface area contributed by atoms with Gasteiger partial charge in [-0.2, -0.15) is 24.6 Å². The molecule has 15 nitrogen and oxygen atoms in total. The van der Waals surface area contributed by atoms with Gasteiger partial charge < -0.3 is 33.9 Å². The predicted molar refractivity (Wildman–Crippen MR) is 336 cm³/mol. The first-order valence-corrected chi connectivity index (χ1v) is 29.7. The Morgan fingerprint density at radius 2 is 0.800 bits per heavy atom. The number of carbonyl (C=O) groups is 6. The third-order valence-corrected chi connectivity index (χ3v) is 16.7. The Kier molecular flexibility index (Phi) is 23.4. The molecule has 4 bridgehead atoms. The minimum atomic E-state index is -0.993. The van der Waals surface area contributed by atoms with Gasteiger partial charge in [-0.05, 0) is 108 Å². The Hall–Kier alpha value is -9.04. The average molecular weight is 1380 g/mol. The summed E-state index contributed by atoms with van der Waals surface area (Å²) in [5, 5.41) is 18.1. The molecular weight excluding hydrogens is 1310 g/mol. The van der Waals surface area contributed by atoms with Gasteiger partial charge in [0, 0.05) is 21.1 Å². The van der Waals surface area contributed by atoms with Gasteiger partial charge in [0.25, 0.3) is 0 Å². The molecule has 0 aromatic heterocycles. The minimum absolute atomic E-state index is 0. The maximum absolute atomic E-state index is 13.0. The molecule has 4 fully saturated rings. The molecule has 2 N–H and O–H groups in total. The third kappa shape index (κ3) is 15.9. The number of nitrogens with zero attached hydrogens (tertiary/aromatic N) is 2. The number of carboxylic acid groups (broad SMARTS) is 1. The van der Waals surface area contributed by atoms with E-state index in [0.29, 0.717) is 55.0 Å². The zero-order valence-electron chi connectivity index (χ0n) is 49.6. The van der Waals surface area contributed by atoms with Crippen LogP contribution in [0.1, 0.15) is 79.9 Å². The first-order valence-electron chi connectivity index (χ1n) is 29.7. The number of allylic oxidation sites excluding steroid dienone is 4. The van der Waals surface area contributed by atoms with Crippen LogP contribution < -0.4 is 18.9 Å². The van der Waals surface area contributed by atoms with Crippen molar-refractivity contribution in [3.8, 4) is 23.0 Å². The number of fused-ring (bicyclic) bond motifs is 10. The fraction of sp³-hybridized carbons (Fsp3) is 0.284. The molecule has 2 heterocycles. The quantitative estimate of drug-likeness (QED) is 0.0336. The summed E-state index contributed by atoms with van der Waals surface area (Å²) in [6.45, 7) is 8.79. The zero-order valence-corrected chi connectivity index (χ0v) is 52.6. The van der Waals surface area contributed by atoms with Gasteiger partial charge in [0.2, 0.25) is 23.6 Å². The second kappa shape index (κ2) is 31.4. The maximum Gasteiger partial charge on any atom is 0.338 e. The van der Waals surface area contributed by atoms with E-state index in [1.54, 1.807) is 18.2 Å². The van der Waals surface area contributed by atoms with Crippen LogP contribution in [0.25, 0.3) is 0 Å². The summed E-state index contributed by atoms with van der Waals surface area (Å²) in [6, 6.07) is 55.4. The molecule has 2 saturated carbocycles. The number of esters is 1. The normalized spacial score (nSPS) is 20.6. The number of likely N-dealkylation sites (tertiary alicyclic amines) is 2. The van der Waals surface area contributed by atoms with Gasteiger partial charge in [-0.1, -0.05) is 159 Å². The van der Waals surface area contributed by atoms with Gasteiger partial charge in [-0.15, -0.1) is 12.1 Å². The predicted octanol–water partition coefficient (Wildman–Crippen LogP) is 12.3. The number of hydrogen-bond acceptors (Lipinski definition) is 12. The number of imide groups is 2. The number of rotatable bonds is 19. The monoisotopic (exact) mass is 1380 g/mol. The Morgan fingerprint density at radius 3 is 1.13 bits per heavy atom. The number of carbonyl (C=O) groups excluding carboxylic acids is 5. The van der Waals surface area contributed by atoms with E-state index in [9.17, 15) is 33.9 Å². The van der Waals surface area contributed by atoms with Crippen molar-refractivity contribution in [1.82, 2.24) is 9.80 Å². The van der Waals surface area contributed by atoms with Gasteiger partial charge in [0.05, 0.1) is 54.5 Å². The molecule has 0 spiro atoms. The van der Waals surface area contributed by atoms with Crippen LogP contribution in [0.5, 0.6) is 23.0 Å². The number of hydrogen-bond donors (Lipinski definition) is 2. The fourth-order valence-corrected chi connectivity index (χ4v) is 12.5. The molecule has 13 rings (SSSR count). The molecule has 2 saturated heterocycles. The molecule has 0 radical (unpaired) electrons. The first-order chi connectivity index (χ1) is 42.8. The van der Waals surface area contributed by atoms with E-state index in [2.05, 4.69) is 31.2 Å². The summed E-state index contributed by atoms with van der Waals surface area (Å²) >= 11 is 0. The molecule has 2 aliphatic heterocycles. The van der Waals surface area contributed by atoms with Crippen molar-refractivity contribution in [2.45, 2.75) is 60.5 Å². The summed E-state index contributed by atoms with van der Waals surface area (Å²) in [4.78, 5) is 76.6. The van der Waals surface area contributed by atoms with Crippen molar-refractivity contribution >= 4 is 35.6 Å². The summed E-state index contributed by atoms with van der Waals surface area (Å²) in [5.41, 5.74) is 7.04. The number of aliphatic hydroxyl groups is 1. The molecule has 90 heavy (non-hydrogen) atoms. The minimum Gasteiger partial charge on any atom is -0.485 e. The van der Waals surface area contributed by atoms with Gasteiger partial charge in [-0.25, -0.2) is 9.59 Å². The number of β-amino-alcohol motifs (C(OH)–C–C–N with tert-alkyl or cyclic N) is 1. The van der Waals surface area contributed by atoms with Crippen LogP contribution >= 0.6 is 0 Å². The number of aromatic carboxylic acids is 1. The standard InChI is InChI=1S/C33H31NO6.C22H20O4.C11H13NO3.C7H7.CH4.W/c1-21-16-26(33(37)38-15-14-34-31(35)28-24-12-13-25(17-24)29(28)32(34)36)18-27(39-19-22-8-4-2-5-9-22)30(21)40-20-23-10-6-3-7-11-23;1-16-12-19(22(23)24)13-20(25-14-17-8-4-2-5-9-17)21(16)26-15-18-10-6-3-7-11-18;13-4-3-12-10(14)8-6-1-2-7(5-6)9(8)11(12)15;1-7-5-3-2-4-6-7;;/h2-13,16,18,24-25,28-29H,14-15,17,19-20H2,1H3;2-13H,14-15H2,1H3,(H,23,24);1-2,6-9,13H,3-5H2;2-6H,1H2;1H4;/q;;;-1;;/t24-,25+,28+,29-;;6-,7+,8+,9-;;;. The van der Waals surface area contributed by atoms with Crippen molar-refractivity contribution in [3.05, 3.63) is 257 Å². The molecule has 8 atom stereocenters. The largest absolute Gasteiger partial charge is 0.485 e. The van der Waals surface area contributed by atoms with Crippen molar-refractivity contribution in [1.29, 1.82) is 0 Å². The molecule has 16 heteroatoms. The van der Waals surface area contributed by atoms with Crippen molar-refractivity contribution in [2.24, 2.45) is 47.3 Å². The zero-order chi connectivity index (χ0) is 61.7. The van der Waals surface area contributed by atoms with E-state index in [0.717, 1.165) is 51.8 Å². The topological polar surface area (TPSA) is 196 Å². The second-order valence-corrected chi connectivity index (χ2v) is 22.6. The van der Waals surface area contributed by atoms with Gasteiger partial charge in [0.15, 0.2) is 23.0 Å². The molecule has 0 unspecified atom stereocenters. The second-order valence-electron chi connectivity index (χ2n) is 22.6. The summed E-state index contributed by atoms with van der Waals surface area (Å²) in [7, 11) is 0. The van der Waals surface area contributed by atoms with E-state index >= 15 is 0 Å². The first kappa shape index (κ1) is 66.9. The molecular formula is C74H75N2O13W-. The van der Waals surface area contributed by atoms with Crippen LogP contribution in [0.4, 0.5) is 0 Å². The maximum atomic E-state index is 13.0. The van der Waals surface area contributed by atoms with Crippen LogP contribution in [0.3, 0.4) is 0 Å². The van der Waals surface area contributed by atoms with E-state index in [1.165, 1.54) is 15.9 Å². The Labute approximate surface area is 540 Å². The van der Waals surface area contributed by atoms with E-state index < -0.39 is 11.9 Å². The number of benzene rings is 7. The third-order valence-electron chi connectivity index (χ3n) is 16.7. The van der Waals surface area contributed by atoms with E-state index in [-0.39, 0.29) is 131 Å². The van der Waals surface area contributed by atoms with Crippen LogP contribution in [0.2, 0.25) is 0 Å². The SMILES string of the molecule is C.Cc1cc(C(=O)O)cc(OCc2ccccc2)c1OCc1ccccc1.Cc1cc(C(=O)OCCN2C(=O)[C@@H]3[C@H](C2=O)[C@H]2C=C[C@@H]3C2)cc(OCc2ccccc2)c1OCc1ccccc1.O=C1[C@@H]2[C@H](C(=O)N1CCO)[C@H]1C=C[C@@H]2C1.[CH2-]c1ccccc1.[W]. The summed E-state index contributed by atoms with van der Waals surface area (Å²) in [5.74, 6) is 0.0788. The number of aliphatic hydroxyl groups excluding tert-OH is 1. The van der Waals surface area contributed by atoms with Crippen LogP contribution in [0.15, 0.2) is 200 Å². The summed E-state index contributed by atoms with van der Waals surface area (Å²) in [6.07, 6.45) is 10.1. The van der Waals surface area contributed by atoms with Crippen molar-refractivity contribution in [3.63, 3.8) is 0 Å². The number of ether oxygens (including phenoxy) is 5. The van der Waals surface area contributed by atoms with Crippen LogP contribution in [-0.2, 0) is 71.4 Å². The molecule has 466 valence electrons. The van der Waals surface area contributed by atoms with Crippen molar-refractivity contribution < 1.29 is 83.7 Å². The summed E-state index contributed by atoms with van der Waals surface area (Å²) < 4.78 is 29.7. The average Bonchev–Trinajstić information content (AvgIpc) is 1.59. The van der Waals surface area contributed by atoms with Gasteiger partial charge in [0.1, 0.15) is 33.0 Å². The van der Waals surface area contributed by atoms with Gasteiger partial charge in [-0.3, -0.25) is 29.0 Å². The molecule has 4 aliphatic carbocycles. The van der Waals surface area contributed by atoms with Crippen LogP contribution in [-0.4, -0.2) is 81.9 Å².